The van der Waals surface area contributed by atoms with E-state index >= 15 is 0 Å². The maximum atomic E-state index is 14.3. The topological polar surface area (TPSA) is 120 Å². The minimum Gasteiger partial charge on any atom is -0.497 e. The summed E-state index contributed by atoms with van der Waals surface area (Å²) in [4.78, 5) is 33.4. The summed E-state index contributed by atoms with van der Waals surface area (Å²) >= 11 is 0. The lowest BCUT2D eigenvalue weighted by atomic mass is 9.81. The Bertz CT molecular complexity index is 2150. The van der Waals surface area contributed by atoms with E-state index in [4.69, 9.17) is 19.2 Å². The van der Waals surface area contributed by atoms with Crippen LogP contribution in [0.4, 0.5) is 0 Å². The molecular weight excluding hydrogens is 658 g/mol. The van der Waals surface area contributed by atoms with Crippen LogP contribution in [0.2, 0.25) is 0 Å². The second kappa shape index (κ2) is 13.9. The highest BCUT2D eigenvalue weighted by atomic mass is 16.5. The maximum Gasteiger partial charge on any atom is 0.335 e. The van der Waals surface area contributed by atoms with Gasteiger partial charge in [-0.1, -0.05) is 25.3 Å². The number of methoxy groups -OCH3 is 1. The van der Waals surface area contributed by atoms with Gasteiger partial charge in [-0.3, -0.25) is 9.69 Å². The van der Waals surface area contributed by atoms with Gasteiger partial charge in [0, 0.05) is 54.3 Å². The number of aromatic nitrogens is 3. The molecule has 2 N–H and O–H groups in total. The summed E-state index contributed by atoms with van der Waals surface area (Å²) in [5.41, 5.74) is 5.93. The van der Waals surface area contributed by atoms with Crippen LogP contribution in [0.25, 0.3) is 33.2 Å². The zero-order valence-corrected chi connectivity index (χ0v) is 30.2. The standard InChI is InChI=1S/C41H47N5O6/c1-41(2,40-42-32-23-28(39(48)49)10-14-33(32)46(40)16-15-44-17-20-51-21-18-44)43-38(47)27-9-12-30-34(24-27)45-19-22-52-35-25-29(50-3)11-13-31(35)37(45)36(30)26-7-5-4-6-8-26/h9-14,23-26H,4-8,15-22H2,1-3H3,(H,43,47)(H,48,49). The van der Waals surface area contributed by atoms with Crippen molar-refractivity contribution in [2.45, 2.75) is 70.5 Å². The molecule has 3 aromatic carbocycles. The number of nitrogens with zero attached hydrogens (tertiary/aromatic N) is 4. The molecule has 0 radical (unpaired) electrons. The Morgan fingerprint density at radius 2 is 1.71 bits per heavy atom. The van der Waals surface area contributed by atoms with Crippen molar-refractivity contribution in [3.63, 3.8) is 0 Å². The van der Waals surface area contributed by atoms with E-state index < -0.39 is 11.5 Å². The SMILES string of the molecule is COc1ccc2c(c1)OCCn1c-2c(C2CCCCC2)c2ccc(C(=O)NC(C)(C)c3nc4cc(C(=O)O)ccc4n3CCN3CCOCC3)cc21. The number of aromatic carboxylic acids is 1. The number of morpholine rings is 1. The minimum absolute atomic E-state index is 0.179. The van der Waals surface area contributed by atoms with Crippen molar-refractivity contribution in [3.8, 4) is 22.8 Å². The van der Waals surface area contributed by atoms with Gasteiger partial charge < -0.3 is 33.8 Å². The van der Waals surface area contributed by atoms with Crippen LogP contribution in [0.3, 0.4) is 0 Å². The number of benzene rings is 3. The summed E-state index contributed by atoms with van der Waals surface area (Å²) in [6, 6.07) is 17.2. The first kappa shape index (κ1) is 34.2. The molecule has 0 bridgehead atoms. The van der Waals surface area contributed by atoms with Gasteiger partial charge in [-0.25, -0.2) is 9.78 Å². The number of rotatable bonds is 9. The molecule has 1 aliphatic carbocycles. The molecule has 1 saturated heterocycles. The molecule has 4 heterocycles. The molecule has 272 valence electrons. The monoisotopic (exact) mass is 705 g/mol. The highest BCUT2D eigenvalue weighted by molar-refractivity contribution is 6.01. The van der Waals surface area contributed by atoms with Crippen LogP contribution in [0.15, 0.2) is 54.6 Å². The lowest BCUT2D eigenvalue weighted by Crippen LogP contribution is -2.44. The van der Waals surface area contributed by atoms with Crippen molar-refractivity contribution < 1.29 is 28.9 Å². The van der Waals surface area contributed by atoms with E-state index in [2.05, 4.69) is 31.5 Å². The number of carbonyl (C=O) groups is 2. The third-order valence-corrected chi connectivity index (χ3v) is 11.1. The van der Waals surface area contributed by atoms with Crippen LogP contribution in [0, 0.1) is 0 Å². The third-order valence-electron chi connectivity index (χ3n) is 11.1. The Morgan fingerprint density at radius 1 is 0.923 bits per heavy atom. The number of nitrogens with one attached hydrogen (secondary N) is 1. The van der Waals surface area contributed by atoms with Crippen molar-refractivity contribution in [2.24, 2.45) is 0 Å². The highest BCUT2D eigenvalue weighted by Crippen LogP contribution is 2.48. The summed E-state index contributed by atoms with van der Waals surface area (Å²) < 4.78 is 21.9. The molecule has 1 amide bonds. The van der Waals surface area contributed by atoms with E-state index in [0.29, 0.717) is 55.7 Å². The molecule has 2 aliphatic heterocycles. The van der Waals surface area contributed by atoms with Gasteiger partial charge in [-0.05, 0) is 80.6 Å². The first-order chi connectivity index (χ1) is 25.2. The number of hydrogen-bond donors (Lipinski definition) is 2. The molecule has 1 saturated carbocycles. The Balaban J connectivity index is 1.16. The maximum absolute atomic E-state index is 14.3. The summed E-state index contributed by atoms with van der Waals surface area (Å²) in [6.45, 7) is 9.62. The molecule has 3 aliphatic rings. The van der Waals surface area contributed by atoms with E-state index in [0.717, 1.165) is 60.6 Å². The molecule has 11 nitrogen and oxygen atoms in total. The minimum atomic E-state index is -1.00. The quantitative estimate of drug-likeness (QED) is 0.172. The average Bonchev–Trinajstić information content (AvgIpc) is 3.63. The number of amides is 1. The van der Waals surface area contributed by atoms with Gasteiger partial charge in [0.15, 0.2) is 0 Å². The van der Waals surface area contributed by atoms with E-state index in [1.54, 1.807) is 19.2 Å². The van der Waals surface area contributed by atoms with Crippen molar-refractivity contribution in [2.75, 3.05) is 46.6 Å². The van der Waals surface area contributed by atoms with E-state index in [-0.39, 0.29) is 11.5 Å². The van der Waals surface area contributed by atoms with Crippen molar-refractivity contribution in [1.82, 2.24) is 24.3 Å². The van der Waals surface area contributed by atoms with Crippen LogP contribution < -0.4 is 14.8 Å². The summed E-state index contributed by atoms with van der Waals surface area (Å²) in [7, 11) is 1.67. The Morgan fingerprint density at radius 3 is 2.48 bits per heavy atom. The second-order valence-electron chi connectivity index (χ2n) is 14.8. The van der Waals surface area contributed by atoms with Crippen LogP contribution in [-0.4, -0.2) is 82.6 Å². The molecule has 2 fully saturated rings. The summed E-state index contributed by atoms with van der Waals surface area (Å²) in [6.07, 6.45) is 5.99. The molecule has 0 unspecified atom stereocenters. The molecule has 2 aromatic heterocycles. The number of carboxylic acids is 1. The first-order valence-electron chi connectivity index (χ1n) is 18.6. The fourth-order valence-corrected chi connectivity index (χ4v) is 8.48. The van der Waals surface area contributed by atoms with Gasteiger partial charge in [0.05, 0.1) is 54.7 Å². The zero-order valence-electron chi connectivity index (χ0n) is 30.2. The Labute approximate surface area is 303 Å². The zero-order chi connectivity index (χ0) is 36.0. The molecular formula is C41H47N5O6. The lowest BCUT2D eigenvalue weighted by Gasteiger charge is -2.29. The van der Waals surface area contributed by atoms with Crippen LogP contribution in [0.1, 0.15) is 84.0 Å². The predicted octanol–water partition coefficient (Wildman–Crippen LogP) is 6.80. The van der Waals surface area contributed by atoms with Crippen LogP contribution in [0.5, 0.6) is 11.5 Å². The van der Waals surface area contributed by atoms with E-state index in [1.165, 1.54) is 35.9 Å². The molecule has 8 rings (SSSR count). The van der Waals surface area contributed by atoms with Gasteiger partial charge >= 0.3 is 5.97 Å². The third kappa shape index (κ3) is 6.30. The number of hydrogen-bond acceptors (Lipinski definition) is 7. The molecule has 52 heavy (non-hydrogen) atoms. The predicted molar refractivity (Wildman–Crippen MR) is 200 cm³/mol. The van der Waals surface area contributed by atoms with E-state index in [1.807, 2.05) is 44.2 Å². The van der Waals surface area contributed by atoms with Gasteiger partial charge in [0.2, 0.25) is 0 Å². The fraction of sp³-hybridized carbons (Fsp3) is 0.439. The number of carbonyl (C=O) groups excluding carboxylic acids is 1. The average molecular weight is 706 g/mol. The normalized spacial score (nSPS) is 17.0. The highest BCUT2D eigenvalue weighted by Gasteiger charge is 2.33. The lowest BCUT2D eigenvalue weighted by molar-refractivity contribution is 0.0363. The van der Waals surface area contributed by atoms with Crippen molar-refractivity contribution in [3.05, 3.63) is 77.1 Å². The molecule has 11 heteroatoms. The summed E-state index contributed by atoms with van der Waals surface area (Å²) in [5.74, 6) is 1.50. The van der Waals surface area contributed by atoms with E-state index in [9.17, 15) is 14.7 Å². The largest absolute Gasteiger partial charge is 0.497 e. The van der Waals surface area contributed by atoms with Gasteiger partial charge in [0.25, 0.3) is 5.91 Å². The van der Waals surface area contributed by atoms with Gasteiger partial charge in [0.1, 0.15) is 23.9 Å². The molecule has 0 atom stereocenters. The smallest absolute Gasteiger partial charge is 0.335 e. The number of carboxylic acid groups (broad SMARTS) is 1. The molecule has 0 spiro atoms. The number of imidazole rings is 1. The van der Waals surface area contributed by atoms with Gasteiger partial charge in [-0.2, -0.15) is 0 Å². The van der Waals surface area contributed by atoms with Crippen LogP contribution >= 0.6 is 0 Å². The first-order valence-corrected chi connectivity index (χ1v) is 18.6. The van der Waals surface area contributed by atoms with Crippen LogP contribution in [-0.2, 0) is 23.4 Å². The fourth-order valence-electron chi connectivity index (χ4n) is 8.48. The Hall–Kier alpha value is -4.87. The molecule has 5 aromatic rings. The number of ether oxygens (including phenoxy) is 3. The van der Waals surface area contributed by atoms with Crippen molar-refractivity contribution in [1.29, 1.82) is 0 Å². The second-order valence-corrected chi connectivity index (χ2v) is 14.8. The number of fused-ring (bicyclic) bond motifs is 6. The van der Waals surface area contributed by atoms with Gasteiger partial charge in [-0.15, -0.1) is 0 Å². The summed E-state index contributed by atoms with van der Waals surface area (Å²) in [5, 5.41) is 14.2. The Kier molecular flexibility index (Phi) is 9.17. The van der Waals surface area contributed by atoms with Crippen molar-refractivity contribution >= 4 is 33.8 Å².